The zero-order valence-electron chi connectivity index (χ0n) is 8.74. The Hall–Kier alpha value is -1.75. The van der Waals surface area contributed by atoms with Crippen LogP contribution < -0.4 is 5.73 Å². The van der Waals surface area contributed by atoms with Crippen LogP contribution in [0.4, 0.5) is 8.78 Å². The van der Waals surface area contributed by atoms with Gasteiger partial charge in [-0.3, -0.25) is 0 Å². The molecule has 5 heteroatoms. The molecule has 1 aromatic heterocycles. The van der Waals surface area contributed by atoms with E-state index in [1.807, 2.05) is 0 Å². The van der Waals surface area contributed by atoms with E-state index >= 15 is 0 Å². The van der Waals surface area contributed by atoms with Gasteiger partial charge in [-0.2, -0.15) is 5.10 Å². The van der Waals surface area contributed by atoms with Gasteiger partial charge < -0.3 is 5.73 Å². The number of nitrogens with zero attached hydrogens (tertiary/aromatic N) is 2. The zero-order valence-corrected chi connectivity index (χ0v) is 8.74. The van der Waals surface area contributed by atoms with Crippen LogP contribution in [0.5, 0.6) is 0 Å². The molecule has 0 aliphatic rings. The van der Waals surface area contributed by atoms with Crippen molar-refractivity contribution in [3.05, 3.63) is 47.3 Å². The van der Waals surface area contributed by atoms with E-state index in [9.17, 15) is 8.78 Å². The summed E-state index contributed by atoms with van der Waals surface area (Å²) in [4.78, 5) is 0. The molecule has 2 rings (SSSR count). The number of hydrogen-bond donors (Lipinski definition) is 1. The Kier molecular flexibility index (Phi) is 2.70. The van der Waals surface area contributed by atoms with Gasteiger partial charge in [-0.25, -0.2) is 13.5 Å². The lowest BCUT2D eigenvalue weighted by Gasteiger charge is -2.02. The first-order valence-corrected chi connectivity index (χ1v) is 4.82. The Morgan fingerprint density at radius 2 is 2.12 bits per heavy atom. The standard InChI is InChI=1S/C11H11F2N3/c1-7-8(5-14)6-16(15-7)11-3-2-9(12)4-10(11)13/h2-4,6H,5,14H2,1H3. The lowest BCUT2D eigenvalue weighted by Crippen LogP contribution is -1.99. The van der Waals surface area contributed by atoms with Crippen LogP contribution in [-0.4, -0.2) is 9.78 Å². The highest BCUT2D eigenvalue weighted by molar-refractivity contribution is 5.34. The van der Waals surface area contributed by atoms with E-state index in [1.165, 1.54) is 16.8 Å². The molecule has 0 spiro atoms. The molecule has 0 bridgehead atoms. The fraction of sp³-hybridized carbons (Fsp3) is 0.182. The Balaban J connectivity index is 2.50. The maximum Gasteiger partial charge on any atom is 0.151 e. The van der Waals surface area contributed by atoms with E-state index in [1.54, 1.807) is 13.1 Å². The van der Waals surface area contributed by atoms with Crippen LogP contribution in [0.3, 0.4) is 0 Å². The minimum absolute atomic E-state index is 0.212. The molecular weight excluding hydrogens is 212 g/mol. The van der Waals surface area contributed by atoms with Gasteiger partial charge >= 0.3 is 0 Å². The monoisotopic (exact) mass is 223 g/mol. The molecule has 2 N–H and O–H groups in total. The minimum atomic E-state index is -0.647. The molecule has 0 aliphatic heterocycles. The quantitative estimate of drug-likeness (QED) is 0.845. The lowest BCUT2D eigenvalue weighted by molar-refractivity contribution is 0.573. The molecule has 0 fully saturated rings. The Labute approximate surface area is 91.5 Å². The molecule has 1 aromatic carbocycles. The topological polar surface area (TPSA) is 43.8 Å². The second kappa shape index (κ2) is 4.02. The van der Waals surface area contributed by atoms with Crippen molar-refractivity contribution in [2.24, 2.45) is 5.73 Å². The van der Waals surface area contributed by atoms with Gasteiger partial charge in [-0.1, -0.05) is 0 Å². The van der Waals surface area contributed by atoms with E-state index < -0.39 is 11.6 Å². The molecule has 0 radical (unpaired) electrons. The highest BCUT2D eigenvalue weighted by Crippen LogP contribution is 2.16. The third-order valence-electron chi connectivity index (χ3n) is 2.38. The number of nitrogens with two attached hydrogens (primary N) is 1. The second-order valence-corrected chi connectivity index (χ2v) is 3.48. The van der Waals surface area contributed by atoms with Crippen molar-refractivity contribution in [2.75, 3.05) is 0 Å². The third-order valence-corrected chi connectivity index (χ3v) is 2.38. The fourth-order valence-corrected chi connectivity index (χ4v) is 1.49. The first-order valence-electron chi connectivity index (χ1n) is 4.82. The summed E-state index contributed by atoms with van der Waals surface area (Å²) in [5.41, 5.74) is 7.29. The van der Waals surface area contributed by atoms with Gasteiger partial charge in [-0.15, -0.1) is 0 Å². The number of halogens is 2. The van der Waals surface area contributed by atoms with E-state index in [2.05, 4.69) is 5.10 Å². The number of benzene rings is 1. The van der Waals surface area contributed by atoms with E-state index in [0.717, 1.165) is 17.3 Å². The summed E-state index contributed by atoms with van der Waals surface area (Å²) in [6.45, 7) is 2.13. The maximum atomic E-state index is 13.4. The Bertz CT molecular complexity index is 520. The molecule has 3 nitrogen and oxygen atoms in total. The van der Waals surface area contributed by atoms with Crippen molar-refractivity contribution in [2.45, 2.75) is 13.5 Å². The van der Waals surface area contributed by atoms with Gasteiger partial charge in [-0.05, 0) is 19.1 Å². The highest BCUT2D eigenvalue weighted by Gasteiger charge is 2.09. The molecule has 0 aliphatic carbocycles. The predicted molar refractivity (Wildman–Crippen MR) is 56.1 cm³/mol. The van der Waals surface area contributed by atoms with Crippen molar-refractivity contribution in [3.8, 4) is 5.69 Å². The normalized spacial score (nSPS) is 10.8. The summed E-state index contributed by atoms with van der Waals surface area (Å²) in [6.07, 6.45) is 1.64. The maximum absolute atomic E-state index is 13.4. The van der Waals surface area contributed by atoms with Crippen LogP contribution in [0.2, 0.25) is 0 Å². The molecule has 16 heavy (non-hydrogen) atoms. The molecule has 84 valence electrons. The Morgan fingerprint density at radius 3 is 2.69 bits per heavy atom. The van der Waals surface area contributed by atoms with Crippen molar-refractivity contribution in [3.63, 3.8) is 0 Å². The van der Waals surface area contributed by atoms with Crippen molar-refractivity contribution >= 4 is 0 Å². The van der Waals surface area contributed by atoms with Crippen LogP contribution >= 0.6 is 0 Å². The molecule has 0 unspecified atom stereocenters. The fourth-order valence-electron chi connectivity index (χ4n) is 1.49. The summed E-state index contributed by atoms with van der Waals surface area (Å²) in [7, 11) is 0. The summed E-state index contributed by atoms with van der Waals surface area (Å²) in [6, 6.07) is 3.36. The molecule has 0 atom stereocenters. The molecule has 2 aromatic rings. The number of aryl methyl sites for hydroxylation is 1. The number of aromatic nitrogens is 2. The van der Waals surface area contributed by atoms with Crippen molar-refractivity contribution in [1.82, 2.24) is 9.78 Å². The van der Waals surface area contributed by atoms with E-state index in [0.29, 0.717) is 6.54 Å². The molecule has 0 saturated heterocycles. The summed E-state index contributed by atoms with van der Waals surface area (Å²) in [5.74, 6) is -1.25. The lowest BCUT2D eigenvalue weighted by atomic mass is 10.2. The first-order chi connectivity index (χ1) is 7.61. The van der Waals surface area contributed by atoms with Gasteiger partial charge in [0.2, 0.25) is 0 Å². The predicted octanol–water partition coefficient (Wildman–Crippen LogP) is 1.92. The highest BCUT2D eigenvalue weighted by atomic mass is 19.1. The van der Waals surface area contributed by atoms with Crippen molar-refractivity contribution in [1.29, 1.82) is 0 Å². The SMILES string of the molecule is Cc1nn(-c2ccc(F)cc2F)cc1CN. The largest absolute Gasteiger partial charge is 0.326 e. The second-order valence-electron chi connectivity index (χ2n) is 3.48. The molecule has 0 saturated carbocycles. The smallest absolute Gasteiger partial charge is 0.151 e. The number of hydrogen-bond acceptors (Lipinski definition) is 2. The average Bonchev–Trinajstić information content (AvgIpc) is 2.59. The van der Waals surface area contributed by atoms with Crippen LogP contribution in [0, 0.1) is 18.6 Å². The third kappa shape index (κ3) is 1.81. The molecule has 1 heterocycles. The van der Waals surface area contributed by atoms with E-state index in [-0.39, 0.29) is 5.69 Å². The van der Waals surface area contributed by atoms with Crippen LogP contribution in [0.15, 0.2) is 24.4 Å². The van der Waals surface area contributed by atoms with Crippen LogP contribution in [-0.2, 0) is 6.54 Å². The van der Waals surface area contributed by atoms with Gasteiger partial charge in [0, 0.05) is 24.4 Å². The van der Waals surface area contributed by atoms with Crippen LogP contribution in [0.1, 0.15) is 11.3 Å². The first kappa shape index (κ1) is 10.8. The van der Waals surface area contributed by atoms with Gasteiger partial charge in [0.25, 0.3) is 0 Å². The molecular formula is C11H11F2N3. The zero-order chi connectivity index (χ0) is 11.7. The summed E-state index contributed by atoms with van der Waals surface area (Å²) >= 11 is 0. The summed E-state index contributed by atoms with van der Waals surface area (Å²) < 4.78 is 27.5. The molecule has 0 amide bonds. The van der Waals surface area contributed by atoms with Gasteiger partial charge in [0.15, 0.2) is 5.82 Å². The van der Waals surface area contributed by atoms with Gasteiger partial charge in [0.1, 0.15) is 11.5 Å². The van der Waals surface area contributed by atoms with Gasteiger partial charge in [0.05, 0.1) is 5.69 Å². The summed E-state index contributed by atoms with van der Waals surface area (Å²) in [5, 5.41) is 4.12. The van der Waals surface area contributed by atoms with Crippen molar-refractivity contribution < 1.29 is 8.78 Å². The van der Waals surface area contributed by atoms with Crippen LogP contribution in [0.25, 0.3) is 5.69 Å². The number of rotatable bonds is 2. The van der Waals surface area contributed by atoms with E-state index in [4.69, 9.17) is 5.73 Å². The average molecular weight is 223 g/mol. The minimum Gasteiger partial charge on any atom is -0.326 e. The Morgan fingerprint density at radius 1 is 1.38 bits per heavy atom.